The third-order valence-electron chi connectivity index (χ3n) is 3.09. The molecule has 6 heteroatoms. The highest BCUT2D eigenvalue weighted by Gasteiger charge is 2.22. The topological polar surface area (TPSA) is 71.0 Å². The molecule has 1 aliphatic rings. The number of carbonyl (C=O) groups excluding carboxylic acids is 1. The van der Waals surface area contributed by atoms with Gasteiger partial charge < -0.3 is 16.0 Å². The second kappa shape index (κ2) is 5.97. The van der Waals surface area contributed by atoms with Crippen LogP contribution >= 0.6 is 0 Å². The average molecular weight is 251 g/mol. The number of nitrogens with one attached hydrogen (secondary N) is 3. The van der Waals surface area contributed by atoms with Gasteiger partial charge in [0.15, 0.2) is 0 Å². The largest absolute Gasteiger partial charge is 0.314 e. The fourth-order valence-corrected chi connectivity index (χ4v) is 2.04. The molecule has 1 aromatic heterocycles. The second-order valence-corrected chi connectivity index (χ2v) is 4.68. The maximum Gasteiger partial charge on any atom is 0.227 e. The van der Waals surface area contributed by atoms with E-state index in [0.29, 0.717) is 12.5 Å². The molecule has 1 aliphatic heterocycles. The highest BCUT2D eigenvalue weighted by Crippen LogP contribution is 2.17. The number of aromatic nitrogens is 2. The van der Waals surface area contributed by atoms with Gasteiger partial charge in [-0.2, -0.15) is 5.10 Å². The maximum atomic E-state index is 11.9. The first kappa shape index (κ1) is 13.0. The van der Waals surface area contributed by atoms with Gasteiger partial charge in [-0.1, -0.05) is 6.92 Å². The maximum absolute atomic E-state index is 11.9. The summed E-state index contributed by atoms with van der Waals surface area (Å²) in [5.74, 6) is 0.813. The van der Waals surface area contributed by atoms with Crippen LogP contribution in [0.5, 0.6) is 0 Å². The third kappa shape index (κ3) is 3.08. The van der Waals surface area contributed by atoms with Crippen molar-refractivity contribution in [2.24, 2.45) is 0 Å². The molecule has 0 radical (unpaired) electrons. The molecule has 0 aliphatic carbocycles. The van der Waals surface area contributed by atoms with Gasteiger partial charge in [-0.15, -0.1) is 0 Å². The first-order valence-corrected chi connectivity index (χ1v) is 6.48. The van der Waals surface area contributed by atoms with E-state index in [-0.39, 0.29) is 11.9 Å². The van der Waals surface area contributed by atoms with Crippen molar-refractivity contribution in [3.63, 3.8) is 0 Å². The van der Waals surface area contributed by atoms with Crippen molar-refractivity contribution in [3.8, 4) is 0 Å². The van der Waals surface area contributed by atoms with Crippen LogP contribution in [0.15, 0.2) is 12.3 Å². The summed E-state index contributed by atoms with van der Waals surface area (Å²) in [4.78, 5) is 11.9. The van der Waals surface area contributed by atoms with Crippen molar-refractivity contribution in [3.05, 3.63) is 12.3 Å². The third-order valence-corrected chi connectivity index (χ3v) is 3.09. The normalized spacial score (nSPS) is 17.2. The molecule has 18 heavy (non-hydrogen) atoms. The minimum Gasteiger partial charge on any atom is -0.314 e. The SMILES string of the molecule is CCNC(C)CC(=O)Nc1ccnn1C1CNC1. The van der Waals surface area contributed by atoms with Gasteiger partial charge in [0.2, 0.25) is 5.91 Å². The molecule has 0 bridgehead atoms. The van der Waals surface area contributed by atoms with Crippen molar-refractivity contribution in [2.75, 3.05) is 25.0 Å². The average Bonchev–Trinajstić information content (AvgIpc) is 2.63. The minimum atomic E-state index is 0.0254. The Morgan fingerprint density at radius 3 is 3.06 bits per heavy atom. The number of rotatable bonds is 6. The van der Waals surface area contributed by atoms with E-state index in [1.807, 2.05) is 24.6 Å². The van der Waals surface area contributed by atoms with Crippen LogP contribution in [0.3, 0.4) is 0 Å². The van der Waals surface area contributed by atoms with Crippen molar-refractivity contribution >= 4 is 11.7 Å². The predicted molar refractivity (Wildman–Crippen MR) is 70.5 cm³/mol. The zero-order valence-electron chi connectivity index (χ0n) is 10.9. The lowest BCUT2D eigenvalue weighted by Crippen LogP contribution is -2.44. The van der Waals surface area contributed by atoms with Crippen LogP contribution in [0.2, 0.25) is 0 Å². The predicted octanol–water partition coefficient (Wildman–Crippen LogP) is 0.354. The summed E-state index contributed by atoms with van der Waals surface area (Å²) < 4.78 is 1.88. The molecule has 1 aromatic rings. The summed E-state index contributed by atoms with van der Waals surface area (Å²) >= 11 is 0. The Bertz CT molecular complexity index is 399. The summed E-state index contributed by atoms with van der Waals surface area (Å²) in [6.07, 6.45) is 2.20. The standard InChI is InChI=1S/C12H21N5O/c1-3-14-9(2)6-12(18)16-11-4-5-15-17(11)10-7-13-8-10/h4-5,9-10,13-14H,3,6-8H2,1-2H3,(H,16,18). The number of hydrogen-bond acceptors (Lipinski definition) is 4. The Balaban J connectivity index is 1.88. The van der Waals surface area contributed by atoms with Gasteiger partial charge in [0, 0.05) is 31.6 Å². The molecule has 0 aromatic carbocycles. The lowest BCUT2D eigenvalue weighted by Gasteiger charge is -2.28. The lowest BCUT2D eigenvalue weighted by molar-refractivity contribution is -0.116. The Morgan fingerprint density at radius 1 is 1.67 bits per heavy atom. The highest BCUT2D eigenvalue weighted by molar-refractivity contribution is 5.90. The summed E-state index contributed by atoms with van der Waals surface area (Å²) in [5, 5.41) is 13.6. The summed E-state index contributed by atoms with van der Waals surface area (Å²) in [6.45, 7) is 6.75. The summed E-state index contributed by atoms with van der Waals surface area (Å²) in [6, 6.07) is 2.40. The molecule has 2 heterocycles. The second-order valence-electron chi connectivity index (χ2n) is 4.68. The Kier molecular flexibility index (Phi) is 4.33. The van der Waals surface area contributed by atoms with Crippen molar-refractivity contribution in [2.45, 2.75) is 32.4 Å². The quantitative estimate of drug-likeness (QED) is 0.682. The molecule has 0 spiro atoms. The molecule has 2 rings (SSSR count). The number of hydrogen-bond donors (Lipinski definition) is 3. The van der Waals surface area contributed by atoms with E-state index in [4.69, 9.17) is 0 Å². The summed E-state index contributed by atoms with van der Waals surface area (Å²) in [5.41, 5.74) is 0. The molecule has 1 saturated heterocycles. The van der Waals surface area contributed by atoms with Crippen LogP contribution in [0.1, 0.15) is 26.3 Å². The van der Waals surface area contributed by atoms with Gasteiger partial charge in [-0.05, 0) is 13.5 Å². The monoisotopic (exact) mass is 251 g/mol. The van der Waals surface area contributed by atoms with Crippen LogP contribution in [-0.2, 0) is 4.79 Å². The van der Waals surface area contributed by atoms with E-state index in [2.05, 4.69) is 21.0 Å². The van der Waals surface area contributed by atoms with Crippen LogP contribution in [0.4, 0.5) is 5.82 Å². The smallest absolute Gasteiger partial charge is 0.227 e. The molecule has 1 amide bonds. The summed E-state index contributed by atoms with van der Waals surface area (Å²) in [7, 11) is 0. The minimum absolute atomic E-state index is 0.0254. The molecule has 1 fully saturated rings. The molecular formula is C12H21N5O. The Labute approximate surface area is 107 Å². The number of amides is 1. The van der Waals surface area contributed by atoms with Crippen molar-refractivity contribution < 1.29 is 4.79 Å². The molecule has 1 atom stereocenters. The zero-order chi connectivity index (χ0) is 13.0. The van der Waals surface area contributed by atoms with Gasteiger partial charge in [-0.3, -0.25) is 4.79 Å². The van der Waals surface area contributed by atoms with Crippen LogP contribution in [0.25, 0.3) is 0 Å². The van der Waals surface area contributed by atoms with Gasteiger partial charge >= 0.3 is 0 Å². The number of carbonyl (C=O) groups is 1. The van der Waals surface area contributed by atoms with Crippen LogP contribution in [0, 0.1) is 0 Å². The fourth-order valence-electron chi connectivity index (χ4n) is 2.04. The molecule has 0 saturated carbocycles. The molecule has 3 N–H and O–H groups in total. The molecule has 1 unspecified atom stereocenters. The van der Waals surface area contributed by atoms with Gasteiger partial charge in [0.05, 0.1) is 12.2 Å². The van der Waals surface area contributed by atoms with Gasteiger partial charge in [-0.25, -0.2) is 4.68 Å². The fraction of sp³-hybridized carbons (Fsp3) is 0.667. The van der Waals surface area contributed by atoms with Gasteiger partial charge in [0.25, 0.3) is 0 Å². The lowest BCUT2D eigenvalue weighted by atomic mass is 10.2. The van der Waals surface area contributed by atoms with E-state index in [9.17, 15) is 4.79 Å². The Morgan fingerprint density at radius 2 is 2.44 bits per heavy atom. The zero-order valence-corrected chi connectivity index (χ0v) is 10.9. The Hall–Kier alpha value is -1.40. The first-order valence-electron chi connectivity index (χ1n) is 6.48. The van der Waals surface area contributed by atoms with E-state index in [1.165, 1.54) is 0 Å². The molecular weight excluding hydrogens is 230 g/mol. The highest BCUT2D eigenvalue weighted by atomic mass is 16.1. The molecule has 6 nitrogen and oxygen atoms in total. The van der Waals surface area contributed by atoms with Gasteiger partial charge in [0.1, 0.15) is 5.82 Å². The van der Waals surface area contributed by atoms with Crippen molar-refractivity contribution in [1.82, 2.24) is 20.4 Å². The van der Waals surface area contributed by atoms with E-state index < -0.39 is 0 Å². The number of anilines is 1. The van der Waals surface area contributed by atoms with E-state index in [0.717, 1.165) is 25.5 Å². The van der Waals surface area contributed by atoms with E-state index >= 15 is 0 Å². The van der Waals surface area contributed by atoms with Crippen molar-refractivity contribution in [1.29, 1.82) is 0 Å². The van der Waals surface area contributed by atoms with E-state index in [1.54, 1.807) is 6.20 Å². The van der Waals surface area contributed by atoms with Crippen LogP contribution < -0.4 is 16.0 Å². The number of nitrogens with zero attached hydrogens (tertiary/aromatic N) is 2. The first-order chi connectivity index (χ1) is 8.70. The van der Waals surface area contributed by atoms with Crippen LogP contribution in [-0.4, -0.2) is 41.4 Å². The molecule has 100 valence electrons.